The maximum Gasteiger partial charge on any atom is 0.231 e. The number of carbonyl (C=O) groups is 1. The normalized spacial score (nSPS) is 12.9. The minimum atomic E-state index is -0.321. The first-order chi connectivity index (χ1) is 12.0. The molecular weight excluding hydrogens is 352 g/mol. The van der Waals surface area contributed by atoms with Crippen molar-refractivity contribution in [2.45, 2.75) is 19.9 Å². The smallest absolute Gasteiger partial charge is 0.231 e. The quantitative estimate of drug-likeness (QED) is 0.717. The molecule has 0 saturated heterocycles. The Hall–Kier alpha value is -2.57. The summed E-state index contributed by atoms with van der Waals surface area (Å²) in [7, 11) is 1.62. The Morgan fingerprint density at radius 3 is 2.62 bits per heavy atom. The summed E-state index contributed by atoms with van der Waals surface area (Å²) in [4.78, 5) is 17.0. The Morgan fingerprint density at radius 1 is 1.19 bits per heavy atom. The van der Waals surface area contributed by atoms with E-state index in [-0.39, 0.29) is 30.3 Å². The highest BCUT2D eigenvalue weighted by Gasteiger charge is 2.21. The van der Waals surface area contributed by atoms with Crippen molar-refractivity contribution in [3.05, 3.63) is 48.5 Å². The molecule has 0 bridgehead atoms. The van der Waals surface area contributed by atoms with Crippen molar-refractivity contribution in [2.24, 2.45) is 11.7 Å². The standard InChI is InChI=1S/C19H22N4O2.ClH/c1-12(13(2)20)18(24)22-19-21-16-9-4-5-10-17(16)23(19)14-7-6-8-15(11-14)25-3;/h4-13H,20H2,1-3H3,(H,21,22,24);1H. The van der Waals surface area contributed by atoms with Gasteiger partial charge in [0.25, 0.3) is 0 Å². The van der Waals surface area contributed by atoms with Crippen LogP contribution in [0.2, 0.25) is 0 Å². The van der Waals surface area contributed by atoms with Crippen LogP contribution in [0, 0.1) is 5.92 Å². The number of ether oxygens (including phenoxy) is 1. The van der Waals surface area contributed by atoms with Crippen LogP contribution in [0.1, 0.15) is 13.8 Å². The zero-order valence-electron chi connectivity index (χ0n) is 15.0. The largest absolute Gasteiger partial charge is 0.497 e. The first-order valence-electron chi connectivity index (χ1n) is 8.19. The van der Waals surface area contributed by atoms with Crippen molar-refractivity contribution in [2.75, 3.05) is 12.4 Å². The second-order valence-corrected chi connectivity index (χ2v) is 6.10. The van der Waals surface area contributed by atoms with Gasteiger partial charge in [0.05, 0.1) is 29.7 Å². The molecule has 1 heterocycles. The predicted octanol–water partition coefficient (Wildman–Crippen LogP) is 3.38. The van der Waals surface area contributed by atoms with Crippen molar-refractivity contribution in [1.82, 2.24) is 9.55 Å². The van der Waals surface area contributed by atoms with E-state index in [4.69, 9.17) is 10.5 Å². The predicted molar refractivity (Wildman–Crippen MR) is 106 cm³/mol. The van der Waals surface area contributed by atoms with E-state index in [9.17, 15) is 4.79 Å². The van der Waals surface area contributed by atoms with E-state index < -0.39 is 0 Å². The van der Waals surface area contributed by atoms with E-state index in [1.54, 1.807) is 14.0 Å². The zero-order valence-corrected chi connectivity index (χ0v) is 15.8. The molecule has 3 rings (SSSR count). The van der Waals surface area contributed by atoms with Gasteiger partial charge in [-0.3, -0.25) is 14.7 Å². The van der Waals surface area contributed by atoms with E-state index in [1.165, 1.54) is 0 Å². The van der Waals surface area contributed by atoms with Crippen LogP contribution in [-0.4, -0.2) is 28.6 Å². The minimum Gasteiger partial charge on any atom is -0.497 e. The summed E-state index contributed by atoms with van der Waals surface area (Å²) in [5.41, 5.74) is 8.41. The number of rotatable bonds is 5. The number of nitrogens with zero attached hydrogens (tertiary/aromatic N) is 2. The van der Waals surface area contributed by atoms with E-state index in [2.05, 4.69) is 10.3 Å². The second kappa shape index (κ2) is 8.21. The van der Waals surface area contributed by atoms with E-state index in [0.717, 1.165) is 22.5 Å². The number of para-hydroxylation sites is 2. The van der Waals surface area contributed by atoms with Crippen LogP contribution in [0.25, 0.3) is 16.7 Å². The van der Waals surface area contributed by atoms with Crippen molar-refractivity contribution in [3.63, 3.8) is 0 Å². The Labute approximate surface area is 158 Å². The minimum absolute atomic E-state index is 0. The summed E-state index contributed by atoms with van der Waals surface area (Å²) < 4.78 is 7.22. The van der Waals surface area contributed by atoms with E-state index in [0.29, 0.717) is 5.95 Å². The molecule has 2 unspecified atom stereocenters. The van der Waals surface area contributed by atoms with Gasteiger partial charge < -0.3 is 10.5 Å². The molecule has 0 radical (unpaired) electrons. The van der Waals surface area contributed by atoms with Crippen LogP contribution >= 0.6 is 12.4 Å². The zero-order chi connectivity index (χ0) is 18.0. The van der Waals surface area contributed by atoms with Crippen molar-refractivity contribution < 1.29 is 9.53 Å². The topological polar surface area (TPSA) is 82.2 Å². The Balaban J connectivity index is 0.00000243. The fraction of sp³-hybridized carbons (Fsp3) is 0.263. The number of halogens is 1. The van der Waals surface area contributed by atoms with Crippen LogP contribution in [0.15, 0.2) is 48.5 Å². The molecule has 2 atom stereocenters. The number of aromatic nitrogens is 2. The van der Waals surface area contributed by atoms with Crippen molar-refractivity contribution >= 4 is 35.3 Å². The average molecular weight is 375 g/mol. The fourth-order valence-corrected chi connectivity index (χ4v) is 2.58. The van der Waals surface area contributed by atoms with Gasteiger partial charge in [-0.25, -0.2) is 4.98 Å². The maximum absolute atomic E-state index is 12.5. The highest BCUT2D eigenvalue weighted by atomic mass is 35.5. The Kier molecular flexibility index (Phi) is 6.23. The van der Waals surface area contributed by atoms with Crippen LogP contribution < -0.4 is 15.8 Å². The van der Waals surface area contributed by atoms with Crippen LogP contribution in [0.4, 0.5) is 5.95 Å². The molecule has 1 amide bonds. The van der Waals surface area contributed by atoms with Gasteiger partial charge in [-0.2, -0.15) is 0 Å². The molecule has 3 N–H and O–H groups in total. The lowest BCUT2D eigenvalue weighted by Gasteiger charge is -2.16. The molecule has 0 aliphatic heterocycles. The molecule has 0 aliphatic rings. The molecule has 26 heavy (non-hydrogen) atoms. The monoisotopic (exact) mass is 374 g/mol. The summed E-state index contributed by atoms with van der Waals surface area (Å²) >= 11 is 0. The summed E-state index contributed by atoms with van der Waals surface area (Å²) in [5.74, 6) is 0.719. The molecule has 2 aromatic carbocycles. The number of methoxy groups -OCH3 is 1. The van der Waals surface area contributed by atoms with Gasteiger partial charge in [-0.1, -0.05) is 25.1 Å². The molecule has 7 heteroatoms. The van der Waals surface area contributed by atoms with Crippen LogP contribution in [0.5, 0.6) is 5.75 Å². The van der Waals surface area contributed by atoms with Gasteiger partial charge in [0.2, 0.25) is 11.9 Å². The third-order valence-corrected chi connectivity index (χ3v) is 4.31. The fourth-order valence-electron chi connectivity index (χ4n) is 2.58. The van der Waals surface area contributed by atoms with Crippen LogP contribution in [0.3, 0.4) is 0 Å². The molecule has 0 aliphatic carbocycles. The molecule has 0 saturated carbocycles. The van der Waals surface area contributed by atoms with Crippen molar-refractivity contribution in [3.8, 4) is 11.4 Å². The SMILES string of the molecule is COc1cccc(-n2c(NC(=O)C(C)C(C)N)nc3ccccc32)c1.Cl. The number of fused-ring (bicyclic) bond motifs is 1. The first-order valence-corrected chi connectivity index (χ1v) is 8.19. The number of carbonyl (C=O) groups excluding carboxylic acids is 1. The number of benzene rings is 2. The van der Waals surface area contributed by atoms with E-state index >= 15 is 0 Å². The molecule has 6 nitrogen and oxygen atoms in total. The van der Waals surface area contributed by atoms with Crippen LogP contribution in [-0.2, 0) is 4.79 Å². The van der Waals surface area contributed by atoms with Gasteiger partial charge in [0.15, 0.2) is 0 Å². The molecule has 0 fully saturated rings. The lowest BCUT2D eigenvalue weighted by molar-refractivity contribution is -0.119. The molecule has 0 spiro atoms. The van der Waals surface area contributed by atoms with Gasteiger partial charge in [-0.05, 0) is 31.2 Å². The highest BCUT2D eigenvalue weighted by Crippen LogP contribution is 2.27. The third-order valence-electron chi connectivity index (χ3n) is 4.31. The average Bonchev–Trinajstić information content (AvgIpc) is 2.98. The van der Waals surface area contributed by atoms with Gasteiger partial charge in [-0.15, -0.1) is 12.4 Å². The van der Waals surface area contributed by atoms with E-state index in [1.807, 2.05) is 60.0 Å². The summed E-state index contributed by atoms with van der Waals surface area (Å²) in [5, 5.41) is 2.91. The number of amides is 1. The Morgan fingerprint density at radius 2 is 1.92 bits per heavy atom. The maximum atomic E-state index is 12.5. The molecule has 138 valence electrons. The van der Waals surface area contributed by atoms with Gasteiger partial charge in [0.1, 0.15) is 5.75 Å². The Bertz CT molecular complexity index is 907. The number of nitrogens with one attached hydrogen (secondary N) is 1. The first kappa shape index (κ1) is 19.8. The summed E-state index contributed by atoms with van der Waals surface area (Å²) in [6.07, 6.45) is 0. The van der Waals surface area contributed by atoms with Gasteiger partial charge in [0, 0.05) is 12.1 Å². The summed E-state index contributed by atoms with van der Waals surface area (Å²) in [6.45, 7) is 3.62. The second-order valence-electron chi connectivity index (χ2n) is 6.10. The lowest BCUT2D eigenvalue weighted by Crippen LogP contribution is -2.34. The highest BCUT2D eigenvalue weighted by molar-refractivity contribution is 5.94. The molecular formula is C19H23ClN4O2. The number of anilines is 1. The number of hydrogen-bond donors (Lipinski definition) is 2. The lowest BCUT2D eigenvalue weighted by atomic mass is 10.0. The molecule has 3 aromatic rings. The van der Waals surface area contributed by atoms with Gasteiger partial charge >= 0.3 is 0 Å². The third kappa shape index (κ3) is 3.81. The molecule has 1 aromatic heterocycles. The van der Waals surface area contributed by atoms with Crippen molar-refractivity contribution in [1.29, 1.82) is 0 Å². The summed E-state index contributed by atoms with van der Waals surface area (Å²) in [6, 6.07) is 15.1. The number of imidazole rings is 1. The number of hydrogen-bond acceptors (Lipinski definition) is 4. The number of nitrogens with two attached hydrogens (primary N) is 1.